The fourth-order valence-corrected chi connectivity index (χ4v) is 4.56. The summed E-state index contributed by atoms with van der Waals surface area (Å²) in [5.74, 6) is -10.1. The molecule has 0 heterocycles. The van der Waals surface area contributed by atoms with E-state index < -0.39 is 43.6 Å². The lowest BCUT2D eigenvalue weighted by molar-refractivity contribution is 0.0475. The Morgan fingerprint density at radius 3 is 1.64 bits per heavy atom. The number of anilines is 1. The lowest BCUT2D eigenvalue weighted by Crippen LogP contribution is -2.46. The molecule has 0 aliphatic heterocycles. The highest BCUT2D eigenvalue weighted by molar-refractivity contribution is 6.59. The summed E-state index contributed by atoms with van der Waals surface area (Å²) in [6.45, 7) is 6.73. The fourth-order valence-electron chi connectivity index (χ4n) is 2.17. The van der Waals surface area contributed by atoms with E-state index in [2.05, 4.69) is 5.32 Å². The summed E-state index contributed by atoms with van der Waals surface area (Å²) in [4.78, 5) is 10.4. The minimum absolute atomic E-state index is 0.0613. The molecule has 0 aromatic heterocycles. The Balaban J connectivity index is 2.74. The summed E-state index contributed by atoms with van der Waals surface area (Å²) in [7, 11) is -3.51. The van der Waals surface area contributed by atoms with Crippen molar-refractivity contribution in [2.24, 2.45) is 0 Å². The number of nitrogens with one attached hydrogen (secondary N) is 1. The van der Waals surface area contributed by atoms with Gasteiger partial charge in [0.2, 0.25) is 5.82 Å². The van der Waals surface area contributed by atoms with E-state index in [0.717, 1.165) is 0 Å². The van der Waals surface area contributed by atoms with Gasteiger partial charge in [0.25, 0.3) is 0 Å². The minimum atomic E-state index is -3.51. The summed E-state index contributed by atoms with van der Waals surface area (Å²) < 4.78 is 77.1. The third kappa shape index (κ3) is 5.91. The van der Waals surface area contributed by atoms with E-state index in [9.17, 15) is 26.7 Å². The average molecular weight is 387 g/mol. The predicted molar refractivity (Wildman–Crippen MR) is 84.6 cm³/mol. The van der Waals surface area contributed by atoms with Crippen LogP contribution in [0.4, 0.5) is 27.6 Å². The first-order chi connectivity index (χ1) is 11.5. The lowest BCUT2D eigenvalue weighted by Gasteiger charge is -2.28. The molecule has 1 rings (SSSR count). The normalized spacial score (nSPS) is 12.3. The maximum atomic E-state index is 13.5. The van der Waals surface area contributed by atoms with Crippen LogP contribution in [0, 0.1) is 29.1 Å². The molecule has 0 saturated heterocycles. The third-order valence-electron chi connectivity index (χ3n) is 3.02. The van der Waals surface area contributed by atoms with Gasteiger partial charge >= 0.3 is 8.80 Å². The smallest absolute Gasteiger partial charge is 0.390 e. The average Bonchev–Trinajstić information content (AvgIpc) is 2.48. The Kier molecular flexibility index (Phi) is 7.79. The molecule has 0 aliphatic rings. The molecule has 4 nitrogen and oxygen atoms in total. The molecule has 0 fully saturated rings. The van der Waals surface area contributed by atoms with Crippen LogP contribution in [0.15, 0.2) is 0 Å². The zero-order chi connectivity index (χ0) is 19.4. The molecule has 144 valence electrons. The lowest BCUT2D eigenvalue weighted by atomic mass is 10.2. The molecule has 0 unspecified atom stereocenters. The van der Waals surface area contributed by atoms with Gasteiger partial charge < -0.3 is 19.0 Å². The van der Waals surface area contributed by atoms with Crippen LogP contribution in [0.2, 0.25) is 6.04 Å². The van der Waals surface area contributed by atoms with Crippen LogP contribution in [0.1, 0.15) is 34.1 Å². The summed E-state index contributed by atoms with van der Waals surface area (Å²) in [6.07, 6.45) is -0.445. The van der Waals surface area contributed by atoms with Crippen LogP contribution in [0.25, 0.3) is 0 Å². The Hall–Kier alpha value is -1.23. The summed E-state index contributed by atoms with van der Waals surface area (Å²) in [6, 6.07) is 0.0613. The summed E-state index contributed by atoms with van der Waals surface area (Å²) >= 11 is 0. The van der Waals surface area contributed by atoms with Gasteiger partial charge in [-0.25, -0.2) is 22.0 Å². The predicted octanol–water partition coefficient (Wildman–Crippen LogP) is 3.97. The van der Waals surface area contributed by atoms with Gasteiger partial charge in [-0.2, -0.15) is 0 Å². The molecule has 1 aromatic rings. The molecular weight excluding hydrogens is 365 g/mol. The Bertz CT molecular complexity index is 562. The zero-order valence-corrected chi connectivity index (χ0v) is 15.4. The standard InChI is InChI=1S/C15H22F5NO3Si/c1-8(2)23-25(22,24-9(3)4)7-5-6-21-15-13(19)11(17)10(16)12(18)14(15)20/h8-9,21-22H,5-7H2,1-4H3. The van der Waals surface area contributed by atoms with Crippen LogP contribution in [-0.2, 0) is 8.85 Å². The molecule has 10 heteroatoms. The van der Waals surface area contributed by atoms with Crippen molar-refractivity contribution >= 4 is 14.5 Å². The van der Waals surface area contributed by atoms with Gasteiger partial charge in [-0.15, -0.1) is 0 Å². The van der Waals surface area contributed by atoms with Crippen LogP contribution in [0.3, 0.4) is 0 Å². The van der Waals surface area contributed by atoms with Gasteiger partial charge in [-0.1, -0.05) is 0 Å². The van der Waals surface area contributed by atoms with Crippen molar-refractivity contribution < 1.29 is 35.6 Å². The molecule has 2 N–H and O–H groups in total. The highest BCUT2D eigenvalue weighted by Crippen LogP contribution is 2.27. The van der Waals surface area contributed by atoms with E-state index in [1.54, 1.807) is 27.7 Å². The number of halogens is 5. The quantitative estimate of drug-likeness (QED) is 0.221. The van der Waals surface area contributed by atoms with Crippen molar-refractivity contribution in [3.8, 4) is 0 Å². The Labute approximate surface area is 144 Å². The van der Waals surface area contributed by atoms with Gasteiger partial charge in [-0.3, -0.25) is 0 Å². The van der Waals surface area contributed by atoms with E-state index in [1.807, 2.05) is 0 Å². The Morgan fingerprint density at radius 2 is 1.24 bits per heavy atom. The number of rotatable bonds is 9. The topological polar surface area (TPSA) is 50.7 Å². The molecular formula is C15H22F5NO3Si. The number of benzene rings is 1. The molecule has 0 radical (unpaired) electrons. The molecule has 0 bridgehead atoms. The van der Waals surface area contributed by atoms with Gasteiger partial charge in [-0.05, 0) is 34.1 Å². The Morgan fingerprint density at radius 1 is 0.840 bits per heavy atom. The van der Waals surface area contributed by atoms with Crippen molar-refractivity contribution in [2.45, 2.75) is 52.4 Å². The SMILES string of the molecule is CC(C)O[Si](O)(CCCNc1c(F)c(F)c(F)c(F)c1F)OC(C)C. The molecule has 25 heavy (non-hydrogen) atoms. The first-order valence-electron chi connectivity index (χ1n) is 7.81. The van der Waals surface area contributed by atoms with Crippen LogP contribution >= 0.6 is 0 Å². The van der Waals surface area contributed by atoms with Gasteiger partial charge in [0.15, 0.2) is 23.3 Å². The summed E-state index contributed by atoms with van der Waals surface area (Å²) in [5, 5.41) is 2.17. The van der Waals surface area contributed by atoms with Crippen molar-refractivity contribution in [1.82, 2.24) is 0 Å². The molecule has 0 amide bonds. The highest BCUT2D eigenvalue weighted by atomic mass is 28.4. The van der Waals surface area contributed by atoms with E-state index in [0.29, 0.717) is 0 Å². The van der Waals surface area contributed by atoms with Crippen LogP contribution in [-0.4, -0.2) is 32.4 Å². The van der Waals surface area contributed by atoms with E-state index in [-0.39, 0.29) is 31.2 Å². The molecule has 0 atom stereocenters. The number of hydrogen-bond acceptors (Lipinski definition) is 4. The summed E-state index contributed by atoms with van der Waals surface area (Å²) in [5.41, 5.74) is -1.10. The number of hydrogen-bond donors (Lipinski definition) is 2. The van der Waals surface area contributed by atoms with E-state index >= 15 is 0 Å². The minimum Gasteiger partial charge on any atom is -0.390 e. The first-order valence-corrected chi connectivity index (χ1v) is 9.79. The maximum absolute atomic E-state index is 13.5. The van der Waals surface area contributed by atoms with Crippen LogP contribution < -0.4 is 5.32 Å². The van der Waals surface area contributed by atoms with Crippen molar-refractivity contribution in [3.05, 3.63) is 29.1 Å². The molecule has 0 saturated carbocycles. The van der Waals surface area contributed by atoms with Crippen molar-refractivity contribution in [3.63, 3.8) is 0 Å². The fraction of sp³-hybridized carbons (Fsp3) is 0.600. The van der Waals surface area contributed by atoms with E-state index in [1.165, 1.54) is 0 Å². The second-order valence-corrected chi connectivity index (χ2v) is 8.42. The van der Waals surface area contributed by atoms with Crippen molar-refractivity contribution in [2.75, 3.05) is 11.9 Å². The largest absolute Gasteiger partial charge is 0.498 e. The second kappa shape index (κ2) is 8.92. The van der Waals surface area contributed by atoms with E-state index in [4.69, 9.17) is 8.85 Å². The zero-order valence-electron chi connectivity index (χ0n) is 14.4. The highest BCUT2D eigenvalue weighted by Gasteiger charge is 2.38. The molecule has 0 aliphatic carbocycles. The van der Waals surface area contributed by atoms with Crippen LogP contribution in [0.5, 0.6) is 0 Å². The van der Waals surface area contributed by atoms with Crippen molar-refractivity contribution in [1.29, 1.82) is 0 Å². The first kappa shape index (κ1) is 21.8. The second-order valence-electron chi connectivity index (χ2n) is 6.02. The monoisotopic (exact) mass is 387 g/mol. The third-order valence-corrected chi connectivity index (χ3v) is 5.69. The van der Waals surface area contributed by atoms with Gasteiger partial charge in [0.1, 0.15) is 5.69 Å². The van der Waals surface area contributed by atoms with Gasteiger partial charge in [0, 0.05) is 24.8 Å². The molecule has 0 spiro atoms. The molecule has 1 aromatic carbocycles. The maximum Gasteiger partial charge on any atom is 0.498 e. The van der Waals surface area contributed by atoms with Gasteiger partial charge in [0.05, 0.1) is 0 Å².